The maximum atomic E-state index is 13.2. The Morgan fingerprint density at radius 3 is 2.65 bits per heavy atom. The molecule has 8 nitrogen and oxygen atoms in total. The minimum atomic E-state index is -0.549. The molecule has 34 heavy (non-hydrogen) atoms. The minimum Gasteiger partial charge on any atom is -0.467 e. The summed E-state index contributed by atoms with van der Waals surface area (Å²) in [6, 6.07) is 11.1. The zero-order valence-electron chi connectivity index (χ0n) is 18.5. The van der Waals surface area contributed by atoms with E-state index in [2.05, 4.69) is 5.32 Å². The van der Waals surface area contributed by atoms with Gasteiger partial charge in [-0.3, -0.25) is 24.6 Å². The number of nitrogens with zero attached hydrogens (tertiary/aromatic N) is 3. The molecule has 3 amide bonds. The molecule has 0 radical (unpaired) electrons. The summed E-state index contributed by atoms with van der Waals surface area (Å²) in [6.45, 7) is 1.90. The summed E-state index contributed by atoms with van der Waals surface area (Å²) in [5, 5.41) is 3.49. The van der Waals surface area contributed by atoms with Gasteiger partial charge in [0.15, 0.2) is 5.11 Å². The average molecular weight is 477 g/mol. The predicted molar refractivity (Wildman–Crippen MR) is 130 cm³/mol. The molecule has 9 heteroatoms. The lowest BCUT2D eigenvalue weighted by atomic mass is 10.1. The third-order valence-corrected chi connectivity index (χ3v) is 6.54. The summed E-state index contributed by atoms with van der Waals surface area (Å²) in [6.07, 6.45) is 8.13. The number of para-hydroxylation sites is 1. The number of aromatic nitrogens is 1. The highest BCUT2D eigenvalue weighted by Gasteiger charge is 2.34. The van der Waals surface area contributed by atoms with Crippen LogP contribution in [0.5, 0.6) is 0 Å². The van der Waals surface area contributed by atoms with Crippen LogP contribution in [-0.4, -0.2) is 50.3 Å². The first-order chi connectivity index (χ1) is 16.5. The van der Waals surface area contributed by atoms with E-state index in [0.29, 0.717) is 11.3 Å². The molecular formula is C25H24N4O4S. The third kappa shape index (κ3) is 4.26. The van der Waals surface area contributed by atoms with Crippen LogP contribution in [0.4, 0.5) is 0 Å². The van der Waals surface area contributed by atoms with Gasteiger partial charge in [-0.15, -0.1) is 0 Å². The second-order valence-electron chi connectivity index (χ2n) is 8.46. The van der Waals surface area contributed by atoms with Crippen molar-refractivity contribution in [3.63, 3.8) is 0 Å². The summed E-state index contributed by atoms with van der Waals surface area (Å²) in [5.74, 6) is -0.418. The molecule has 0 saturated carbocycles. The van der Waals surface area contributed by atoms with E-state index in [9.17, 15) is 14.4 Å². The van der Waals surface area contributed by atoms with Gasteiger partial charge >= 0.3 is 0 Å². The number of thiocarbonyl (C=S) groups is 1. The van der Waals surface area contributed by atoms with Gasteiger partial charge in [-0.1, -0.05) is 18.2 Å². The number of nitrogens with one attached hydrogen (secondary N) is 1. The molecular weight excluding hydrogens is 452 g/mol. The number of hydrogen-bond acceptors (Lipinski definition) is 5. The molecule has 2 fully saturated rings. The summed E-state index contributed by atoms with van der Waals surface area (Å²) >= 11 is 5.22. The molecule has 2 saturated heterocycles. The van der Waals surface area contributed by atoms with Crippen molar-refractivity contribution in [2.45, 2.75) is 32.4 Å². The number of hydrogen-bond donors (Lipinski definition) is 1. The monoisotopic (exact) mass is 476 g/mol. The van der Waals surface area contributed by atoms with E-state index in [0.717, 1.165) is 43.3 Å². The van der Waals surface area contributed by atoms with E-state index in [4.69, 9.17) is 16.6 Å². The number of benzene rings is 1. The van der Waals surface area contributed by atoms with E-state index in [-0.39, 0.29) is 29.7 Å². The number of piperidine rings is 1. The van der Waals surface area contributed by atoms with E-state index < -0.39 is 11.8 Å². The lowest BCUT2D eigenvalue weighted by Crippen LogP contribution is -2.53. The van der Waals surface area contributed by atoms with Gasteiger partial charge in [-0.05, 0) is 55.8 Å². The summed E-state index contributed by atoms with van der Waals surface area (Å²) in [5.41, 5.74) is 1.53. The van der Waals surface area contributed by atoms with Crippen LogP contribution in [-0.2, 0) is 27.5 Å². The molecule has 4 heterocycles. The fourth-order valence-corrected chi connectivity index (χ4v) is 4.70. The molecule has 2 aliphatic rings. The molecule has 0 spiro atoms. The lowest BCUT2D eigenvalue weighted by Gasteiger charge is -2.28. The van der Waals surface area contributed by atoms with Crippen molar-refractivity contribution in [3.8, 4) is 0 Å². The number of rotatable bonds is 5. The normalized spacial score (nSPS) is 18.1. The van der Waals surface area contributed by atoms with Gasteiger partial charge in [0.2, 0.25) is 5.91 Å². The van der Waals surface area contributed by atoms with Crippen LogP contribution in [0.25, 0.3) is 17.0 Å². The van der Waals surface area contributed by atoms with Crippen LogP contribution in [0.2, 0.25) is 0 Å². The van der Waals surface area contributed by atoms with Gasteiger partial charge in [0.05, 0.1) is 12.8 Å². The number of carbonyl (C=O) groups excluding carboxylic acids is 3. The smallest absolute Gasteiger partial charge is 0.266 e. The van der Waals surface area contributed by atoms with Gasteiger partial charge in [0, 0.05) is 35.8 Å². The maximum Gasteiger partial charge on any atom is 0.266 e. The predicted octanol–water partition coefficient (Wildman–Crippen LogP) is 3.07. The van der Waals surface area contributed by atoms with Crippen molar-refractivity contribution < 1.29 is 18.8 Å². The SMILES string of the molecule is O=C1NC(=S)N(Cc2ccco2)C(=O)/C1=C\c1cn(CC(=O)N2CCCCC2)c2ccccc12. The molecule has 0 bridgehead atoms. The fourth-order valence-electron chi connectivity index (χ4n) is 4.46. The van der Waals surface area contributed by atoms with E-state index in [1.807, 2.05) is 39.9 Å². The number of carbonyl (C=O) groups is 3. The molecule has 2 aromatic heterocycles. The van der Waals surface area contributed by atoms with Gasteiger partial charge in [-0.25, -0.2) is 0 Å². The number of amides is 3. The van der Waals surface area contributed by atoms with Crippen molar-refractivity contribution in [2.24, 2.45) is 0 Å². The van der Waals surface area contributed by atoms with Crippen LogP contribution in [0.15, 0.2) is 58.8 Å². The standard InChI is InChI=1S/C25H24N4O4S/c30-22(27-10-4-1-5-11-27)16-28-14-17(19-8-2-3-9-21(19)28)13-20-23(31)26-25(34)29(24(20)32)15-18-7-6-12-33-18/h2-3,6-9,12-14H,1,4-5,10-11,15-16H2,(H,26,31,34)/b20-13-. The van der Waals surface area contributed by atoms with Crippen LogP contribution >= 0.6 is 12.2 Å². The Morgan fingerprint density at radius 2 is 1.88 bits per heavy atom. The number of fused-ring (bicyclic) bond motifs is 1. The van der Waals surface area contributed by atoms with Crippen molar-refractivity contribution in [3.05, 3.63) is 65.8 Å². The molecule has 2 aliphatic heterocycles. The molecule has 1 N–H and O–H groups in total. The highest BCUT2D eigenvalue weighted by Crippen LogP contribution is 2.26. The Kier molecular flexibility index (Phi) is 6.02. The maximum absolute atomic E-state index is 13.2. The Balaban J connectivity index is 1.46. The molecule has 0 atom stereocenters. The Bertz CT molecular complexity index is 1300. The Labute approximate surface area is 201 Å². The number of furan rings is 1. The van der Waals surface area contributed by atoms with Gasteiger partial charge in [0.25, 0.3) is 11.8 Å². The van der Waals surface area contributed by atoms with E-state index in [1.54, 1.807) is 18.2 Å². The van der Waals surface area contributed by atoms with Gasteiger partial charge < -0.3 is 13.9 Å². The second kappa shape index (κ2) is 9.26. The zero-order chi connectivity index (χ0) is 23.7. The van der Waals surface area contributed by atoms with Crippen LogP contribution in [0, 0.1) is 0 Å². The summed E-state index contributed by atoms with van der Waals surface area (Å²) in [4.78, 5) is 42.0. The number of likely N-dealkylation sites (tertiary alicyclic amines) is 1. The average Bonchev–Trinajstić information content (AvgIpc) is 3.48. The second-order valence-corrected chi connectivity index (χ2v) is 8.85. The van der Waals surface area contributed by atoms with Crippen molar-refractivity contribution in [1.29, 1.82) is 0 Å². The summed E-state index contributed by atoms with van der Waals surface area (Å²) in [7, 11) is 0. The lowest BCUT2D eigenvalue weighted by molar-refractivity contribution is -0.133. The highest BCUT2D eigenvalue weighted by molar-refractivity contribution is 7.80. The van der Waals surface area contributed by atoms with Gasteiger partial charge in [-0.2, -0.15) is 0 Å². The Hall–Kier alpha value is -3.72. The molecule has 174 valence electrons. The van der Waals surface area contributed by atoms with Crippen molar-refractivity contribution in [2.75, 3.05) is 13.1 Å². The van der Waals surface area contributed by atoms with Crippen molar-refractivity contribution in [1.82, 2.24) is 19.7 Å². The van der Waals surface area contributed by atoms with E-state index >= 15 is 0 Å². The quantitative estimate of drug-likeness (QED) is 0.347. The minimum absolute atomic E-state index is 0.0228. The van der Waals surface area contributed by atoms with Crippen LogP contribution in [0.3, 0.4) is 0 Å². The fraction of sp³-hybridized carbons (Fsp3) is 0.280. The van der Waals surface area contributed by atoms with Crippen LogP contribution in [0.1, 0.15) is 30.6 Å². The molecule has 0 unspecified atom stereocenters. The topological polar surface area (TPSA) is 87.8 Å². The summed E-state index contributed by atoms with van der Waals surface area (Å²) < 4.78 is 7.22. The van der Waals surface area contributed by atoms with Crippen molar-refractivity contribution >= 4 is 52.0 Å². The molecule has 0 aliphatic carbocycles. The first-order valence-electron chi connectivity index (χ1n) is 11.3. The first-order valence-corrected chi connectivity index (χ1v) is 11.7. The third-order valence-electron chi connectivity index (χ3n) is 6.21. The zero-order valence-corrected chi connectivity index (χ0v) is 19.3. The van der Waals surface area contributed by atoms with Crippen LogP contribution < -0.4 is 5.32 Å². The molecule has 5 rings (SSSR count). The first kappa shape index (κ1) is 22.1. The van der Waals surface area contributed by atoms with E-state index in [1.165, 1.54) is 11.2 Å². The molecule has 1 aromatic carbocycles. The highest BCUT2D eigenvalue weighted by atomic mass is 32.1. The largest absolute Gasteiger partial charge is 0.467 e. The molecule has 3 aromatic rings. The Morgan fingerprint density at radius 1 is 1.09 bits per heavy atom. The van der Waals surface area contributed by atoms with Gasteiger partial charge in [0.1, 0.15) is 17.9 Å².